The Kier molecular flexibility index (Phi) is 3.67. The highest BCUT2D eigenvalue weighted by Crippen LogP contribution is 2.38. The van der Waals surface area contributed by atoms with E-state index < -0.39 is 0 Å². The van der Waals surface area contributed by atoms with E-state index in [9.17, 15) is 0 Å². The summed E-state index contributed by atoms with van der Waals surface area (Å²) in [6, 6.07) is 9.12. The number of ether oxygens (including phenoxy) is 1. The molecule has 1 aromatic carbocycles. The summed E-state index contributed by atoms with van der Waals surface area (Å²) in [5.74, 6) is 1.70. The third kappa shape index (κ3) is 2.45. The molecule has 18 heavy (non-hydrogen) atoms. The van der Waals surface area contributed by atoms with E-state index in [4.69, 9.17) is 4.74 Å². The van der Waals surface area contributed by atoms with Crippen LogP contribution < -0.4 is 0 Å². The maximum atomic E-state index is 5.45. The van der Waals surface area contributed by atoms with Gasteiger partial charge in [0.15, 0.2) is 0 Å². The molecule has 3 fully saturated rings. The Morgan fingerprint density at radius 3 is 2.44 bits per heavy atom. The van der Waals surface area contributed by atoms with Crippen molar-refractivity contribution < 1.29 is 4.74 Å². The summed E-state index contributed by atoms with van der Waals surface area (Å²) >= 11 is 0. The van der Waals surface area contributed by atoms with Crippen molar-refractivity contribution in [2.45, 2.75) is 32.3 Å². The van der Waals surface area contributed by atoms with Crippen LogP contribution in [-0.2, 0) is 11.3 Å². The normalized spacial score (nSPS) is 30.6. The molecule has 4 rings (SSSR count). The Morgan fingerprint density at radius 2 is 1.89 bits per heavy atom. The molecule has 0 aliphatic carbocycles. The zero-order valence-corrected chi connectivity index (χ0v) is 11.3. The highest BCUT2D eigenvalue weighted by molar-refractivity contribution is 5.27. The van der Waals surface area contributed by atoms with Gasteiger partial charge in [0.1, 0.15) is 0 Å². The summed E-state index contributed by atoms with van der Waals surface area (Å²) in [4.78, 5) is 2.62. The zero-order valence-electron chi connectivity index (χ0n) is 11.3. The van der Waals surface area contributed by atoms with Crippen molar-refractivity contribution >= 4 is 0 Å². The lowest BCUT2D eigenvalue weighted by Crippen LogP contribution is -2.46. The van der Waals surface area contributed by atoms with Gasteiger partial charge in [0.25, 0.3) is 0 Å². The van der Waals surface area contributed by atoms with Gasteiger partial charge in [0.2, 0.25) is 0 Å². The minimum absolute atomic E-state index is 0.747. The van der Waals surface area contributed by atoms with Gasteiger partial charge >= 0.3 is 0 Å². The van der Waals surface area contributed by atoms with Crippen LogP contribution in [0.3, 0.4) is 0 Å². The van der Waals surface area contributed by atoms with Crippen molar-refractivity contribution in [3.63, 3.8) is 0 Å². The van der Waals surface area contributed by atoms with E-state index >= 15 is 0 Å². The fourth-order valence-corrected chi connectivity index (χ4v) is 3.42. The van der Waals surface area contributed by atoms with Gasteiger partial charge in [-0.1, -0.05) is 24.3 Å². The molecule has 0 spiro atoms. The minimum atomic E-state index is 0.747. The van der Waals surface area contributed by atoms with Gasteiger partial charge in [-0.25, -0.2) is 0 Å². The highest BCUT2D eigenvalue weighted by atomic mass is 16.5. The monoisotopic (exact) mass is 245 g/mol. The van der Waals surface area contributed by atoms with E-state index in [1.807, 2.05) is 6.92 Å². The number of benzene rings is 1. The summed E-state index contributed by atoms with van der Waals surface area (Å²) < 4.78 is 5.45. The molecule has 3 aliphatic rings. The number of rotatable bonds is 4. The molecule has 98 valence electrons. The third-order valence-corrected chi connectivity index (χ3v) is 4.54. The van der Waals surface area contributed by atoms with E-state index in [1.165, 1.54) is 43.6 Å². The van der Waals surface area contributed by atoms with Crippen molar-refractivity contribution in [3.8, 4) is 0 Å². The van der Waals surface area contributed by atoms with Gasteiger partial charge < -0.3 is 9.64 Å². The molecule has 2 nitrogen and oxygen atoms in total. The van der Waals surface area contributed by atoms with Crippen LogP contribution in [0.1, 0.15) is 36.8 Å². The fraction of sp³-hybridized carbons (Fsp3) is 0.625. The maximum absolute atomic E-state index is 5.45. The lowest BCUT2D eigenvalue weighted by Gasteiger charge is -2.45. The first-order valence-electron chi connectivity index (χ1n) is 7.25. The molecule has 1 aromatic rings. The van der Waals surface area contributed by atoms with E-state index in [1.54, 1.807) is 0 Å². The van der Waals surface area contributed by atoms with Gasteiger partial charge in [-0.2, -0.15) is 0 Å². The van der Waals surface area contributed by atoms with Crippen molar-refractivity contribution in [2.24, 2.45) is 5.92 Å². The largest absolute Gasteiger partial charge is 0.377 e. The smallest absolute Gasteiger partial charge is 0.0716 e. The molecule has 0 saturated carbocycles. The average molecular weight is 245 g/mol. The highest BCUT2D eigenvalue weighted by Gasteiger charge is 2.34. The number of piperidine rings is 3. The standard InChI is InChI=1S/C16H23NO/c1-2-18-12-13-3-5-14(6-4-13)16-11-17-9-7-15(16)8-10-17/h3-6,15-16H,2,7-12H2,1H3. The van der Waals surface area contributed by atoms with Crippen LogP contribution in [0.4, 0.5) is 0 Å². The fourth-order valence-electron chi connectivity index (χ4n) is 3.42. The summed E-state index contributed by atoms with van der Waals surface area (Å²) in [5, 5.41) is 0. The molecule has 1 unspecified atom stereocenters. The number of hydrogen-bond acceptors (Lipinski definition) is 2. The van der Waals surface area contributed by atoms with Crippen LogP contribution in [0.25, 0.3) is 0 Å². The number of hydrogen-bond donors (Lipinski definition) is 0. The number of nitrogens with zero attached hydrogens (tertiary/aromatic N) is 1. The average Bonchev–Trinajstić information content (AvgIpc) is 2.47. The van der Waals surface area contributed by atoms with Gasteiger partial charge in [-0.05, 0) is 55.8 Å². The van der Waals surface area contributed by atoms with Crippen LogP contribution in [0, 0.1) is 5.92 Å². The van der Waals surface area contributed by atoms with Crippen LogP contribution in [0.15, 0.2) is 24.3 Å². The van der Waals surface area contributed by atoms with E-state index in [0.717, 1.165) is 25.0 Å². The van der Waals surface area contributed by atoms with Crippen molar-refractivity contribution in [1.82, 2.24) is 4.90 Å². The molecule has 3 aliphatic heterocycles. The van der Waals surface area contributed by atoms with Crippen molar-refractivity contribution in [3.05, 3.63) is 35.4 Å². The molecular weight excluding hydrogens is 222 g/mol. The van der Waals surface area contributed by atoms with Crippen LogP contribution in [0.2, 0.25) is 0 Å². The number of fused-ring (bicyclic) bond motifs is 3. The minimum Gasteiger partial charge on any atom is -0.377 e. The maximum Gasteiger partial charge on any atom is 0.0716 e. The quantitative estimate of drug-likeness (QED) is 0.808. The van der Waals surface area contributed by atoms with E-state index in [-0.39, 0.29) is 0 Å². The Hall–Kier alpha value is -0.860. The van der Waals surface area contributed by atoms with E-state index in [2.05, 4.69) is 29.2 Å². The lowest BCUT2D eigenvalue weighted by molar-refractivity contribution is 0.0870. The first-order chi connectivity index (χ1) is 8.86. The summed E-state index contributed by atoms with van der Waals surface area (Å²) in [7, 11) is 0. The first kappa shape index (κ1) is 12.2. The van der Waals surface area contributed by atoms with Gasteiger partial charge in [0, 0.05) is 13.2 Å². The second-order valence-electron chi connectivity index (χ2n) is 5.62. The second-order valence-corrected chi connectivity index (χ2v) is 5.62. The van der Waals surface area contributed by atoms with Gasteiger partial charge in [0.05, 0.1) is 6.61 Å². The van der Waals surface area contributed by atoms with E-state index in [0.29, 0.717) is 0 Å². The Morgan fingerprint density at radius 1 is 1.17 bits per heavy atom. The van der Waals surface area contributed by atoms with Crippen LogP contribution >= 0.6 is 0 Å². The SMILES string of the molecule is CCOCc1ccc(C2CN3CCC2CC3)cc1. The molecule has 3 heterocycles. The Balaban J connectivity index is 1.69. The van der Waals surface area contributed by atoms with Gasteiger partial charge in [-0.3, -0.25) is 0 Å². The lowest BCUT2D eigenvalue weighted by atomic mass is 9.75. The molecule has 0 radical (unpaired) electrons. The summed E-state index contributed by atoms with van der Waals surface area (Å²) in [6.07, 6.45) is 2.79. The molecule has 2 heteroatoms. The Bertz CT molecular complexity index is 379. The summed E-state index contributed by atoms with van der Waals surface area (Å²) in [5.41, 5.74) is 2.83. The van der Waals surface area contributed by atoms with Crippen molar-refractivity contribution in [1.29, 1.82) is 0 Å². The van der Waals surface area contributed by atoms with Crippen molar-refractivity contribution in [2.75, 3.05) is 26.2 Å². The topological polar surface area (TPSA) is 12.5 Å². The third-order valence-electron chi connectivity index (χ3n) is 4.54. The summed E-state index contributed by atoms with van der Waals surface area (Å²) in [6.45, 7) is 7.50. The molecule has 3 saturated heterocycles. The predicted molar refractivity (Wildman–Crippen MR) is 73.7 cm³/mol. The zero-order chi connectivity index (χ0) is 12.4. The van der Waals surface area contributed by atoms with Gasteiger partial charge in [-0.15, -0.1) is 0 Å². The molecule has 1 atom stereocenters. The molecular formula is C16H23NO. The van der Waals surface area contributed by atoms with Crippen LogP contribution in [-0.4, -0.2) is 31.1 Å². The first-order valence-corrected chi connectivity index (χ1v) is 7.25. The molecule has 0 amide bonds. The predicted octanol–water partition coefficient (Wildman–Crippen LogP) is 3.03. The van der Waals surface area contributed by atoms with Crippen LogP contribution in [0.5, 0.6) is 0 Å². The molecule has 2 bridgehead atoms. The molecule has 0 N–H and O–H groups in total. The molecule has 0 aromatic heterocycles. The second kappa shape index (κ2) is 5.41. The Labute approximate surface area is 110 Å².